The molecule has 0 aromatic rings. The van der Waals surface area contributed by atoms with Gasteiger partial charge in [0.1, 0.15) is 36.8 Å². The summed E-state index contributed by atoms with van der Waals surface area (Å²) >= 11 is 0. The summed E-state index contributed by atoms with van der Waals surface area (Å²) in [6.07, 6.45) is 3.12. The highest BCUT2D eigenvalue weighted by Gasteiger charge is 2.42. The molecule has 0 aromatic carbocycles. The number of aliphatic hydroxyl groups excluding tert-OH is 1. The van der Waals surface area contributed by atoms with Crippen molar-refractivity contribution >= 4 is 47.7 Å². The minimum atomic E-state index is -1.53. The summed E-state index contributed by atoms with van der Waals surface area (Å²) in [6, 6.07) is -6.25. The molecule has 0 saturated carbocycles. The van der Waals surface area contributed by atoms with E-state index in [1.807, 2.05) is 20.8 Å². The third-order valence-corrected chi connectivity index (χ3v) is 8.46. The minimum Gasteiger partial charge on any atom is -0.481 e. The van der Waals surface area contributed by atoms with Gasteiger partial charge in [0.15, 0.2) is 0 Å². The molecule has 6 N–H and O–H groups in total. The van der Waals surface area contributed by atoms with Gasteiger partial charge in [0.25, 0.3) is 5.91 Å². The van der Waals surface area contributed by atoms with Crippen LogP contribution in [0.2, 0.25) is 0 Å². The molecular weight excluding hydrogens is 630 g/mol. The number of esters is 1. The molecule has 5 amide bonds. The van der Waals surface area contributed by atoms with E-state index in [-0.39, 0.29) is 44.6 Å². The van der Waals surface area contributed by atoms with Crippen LogP contribution in [0.3, 0.4) is 0 Å². The maximum atomic E-state index is 13.7. The summed E-state index contributed by atoms with van der Waals surface area (Å²) in [5.41, 5.74) is 2.69. The predicted octanol–water partition coefficient (Wildman–Crippen LogP) is -0.822. The SMILES string of the molecule is CCCCCC(CC(=O)N1N=CCCC1C(=O)N[C@H]1COC(=O)[C@H]2C[C@@H](O)CNN2C(=O)[C@H](C)NC(=O)[C@@H](CC(C)C)NC1=O)C(=O)O. The Morgan fingerprint density at radius 3 is 2.52 bits per heavy atom. The lowest BCUT2D eigenvalue weighted by Crippen LogP contribution is -2.64. The van der Waals surface area contributed by atoms with Crippen LogP contribution in [0.1, 0.15) is 85.5 Å². The van der Waals surface area contributed by atoms with E-state index in [4.69, 9.17) is 4.74 Å². The number of hydrazine groups is 1. The normalized spacial score (nSPS) is 27.8. The molecule has 0 spiro atoms. The summed E-state index contributed by atoms with van der Waals surface area (Å²) < 4.78 is 5.43. The molecule has 48 heavy (non-hydrogen) atoms. The average molecular weight is 680 g/mol. The van der Waals surface area contributed by atoms with Crippen LogP contribution in [-0.2, 0) is 38.3 Å². The number of carbonyl (C=O) groups excluding carboxylic acids is 6. The van der Waals surface area contributed by atoms with Gasteiger partial charge < -0.3 is 30.9 Å². The number of hydrogen-bond acceptors (Lipinski definition) is 11. The molecule has 3 aliphatic rings. The number of cyclic esters (lactones) is 1. The highest BCUT2D eigenvalue weighted by Crippen LogP contribution is 2.21. The molecule has 17 heteroatoms. The number of fused-ring (bicyclic) bond motifs is 1. The zero-order valence-corrected chi connectivity index (χ0v) is 28.0. The molecule has 3 rings (SSSR count). The Balaban J connectivity index is 1.86. The average Bonchev–Trinajstić information content (AvgIpc) is 3.04. The zero-order chi connectivity index (χ0) is 35.5. The van der Waals surface area contributed by atoms with E-state index in [2.05, 4.69) is 26.5 Å². The number of β-amino-alcohol motifs (C(OH)–C–C–N with tert-alkyl or cyclic N) is 1. The maximum absolute atomic E-state index is 13.7. The summed E-state index contributed by atoms with van der Waals surface area (Å²) in [4.78, 5) is 92.2. The van der Waals surface area contributed by atoms with Gasteiger partial charge in [0.05, 0.1) is 12.0 Å². The Morgan fingerprint density at radius 1 is 1.12 bits per heavy atom. The maximum Gasteiger partial charge on any atom is 0.330 e. The highest BCUT2D eigenvalue weighted by molar-refractivity contribution is 5.97. The van der Waals surface area contributed by atoms with Crippen molar-refractivity contribution in [3.8, 4) is 0 Å². The topological polar surface area (TPSA) is 236 Å². The number of rotatable bonds is 11. The van der Waals surface area contributed by atoms with Crippen molar-refractivity contribution in [2.24, 2.45) is 16.9 Å². The van der Waals surface area contributed by atoms with Gasteiger partial charge in [-0.05, 0) is 38.5 Å². The van der Waals surface area contributed by atoms with Crippen molar-refractivity contribution in [3.05, 3.63) is 0 Å². The fourth-order valence-electron chi connectivity index (χ4n) is 5.78. The van der Waals surface area contributed by atoms with Crippen LogP contribution in [0.25, 0.3) is 0 Å². The molecule has 2 saturated heterocycles. The lowest BCUT2D eigenvalue weighted by molar-refractivity contribution is -0.165. The summed E-state index contributed by atoms with van der Waals surface area (Å²) in [5.74, 6) is -6.76. The van der Waals surface area contributed by atoms with Gasteiger partial charge in [0, 0.05) is 25.6 Å². The van der Waals surface area contributed by atoms with E-state index in [0.717, 1.165) is 22.9 Å². The van der Waals surface area contributed by atoms with Crippen LogP contribution in [0, 0.1) is 11.8 Å². The minimum absolute atomic E-state index is 0.0318. The second-order valence-corrected chi connectivity index (χ2v) is 13.0. The number of carboxylic acids is 1. The number of aliphatic hydroxyl groups is 1. The number of hydrogen-bond donors (Lipinski definition) is 6. The van der Waals surface area contributed by atoms with E-state index in [0.29, 0.717) is 12.8 Å². The molecule has 0 aliphatic carbocycles. The standard InChI is InChI=1S/C31H49N7O10/c1-5-6-7-9-19(30(45)46)13-25(40)37-23(10-8-11-32-37)28(43)36-22-16-48-31(47)24-14-20(39)15-33-38(24)29(44)18(4)34-26(41)21(12-17(2)3)35-27(22)42/h11,17-24,33,39H,5-10,12-16H2,1-4H3,(H,34,41)(H,35,42)(H,36,43)(H,45,46)/t18-,19?,20+,21+,22-,23?,24+/m0/s1. The Labute approximate surface area is 279 Å². The van der Waals surface area contributed by atoms with Crippen LogP contribution >= 0.6 is 0 Å². The molecular formula is C31H49N7O10. The molecule has 0 aromatic heterocycles. The van der Waals surface area contributed by atoms with E-state index in [1.54, 1.807) is 0 Å². The molecule has 3 aliphatic heterocycles. The molecule has 268 valence electrons. The van der Waals surface area contributed by atoms with Crippen LogP contribution in [0.5, 0.6) is 0 Å². The molecule has 0 radical (unpaired) electrons. The molecule has 7 atom stereocenters. The Morgan fingerprint density at radius 2 is 1.85 bits per heavy atom. The number of nitrogens with one attached hydrogen (secondary N) is 4. The van der Waals surface area contributed by atoms with Crippen molar-refractivity contribution in [2.75, 3.05) is 13.2 Å². The molecule has 2 fully saturated rings. The van der Waals surface area contributed by atoms with Gasteiger partial charge in [-0.25, -0.2) is 15.2 Å². The van der Waals surface area contributed by atoms with Crippen molar-refractivity contribution in [2.45, 2.75) is 122 Å². The van der Waals surface area contributed by atoms with Gasteiger partial charge in [-0.1, -0.05) is 40.0 Å². The first-order chi connectivity index (χ1) is 22.7. The smallest absolute Gasteiger partial charge is 0.330 e. The zero-order valence-electron chi connectivity index (χ0n) is 28.0. The second kappa shape index (κ2) is 17.9. The number of ether oxygens (including phenoxy) is 1. The first-order valence-electron chi connectivity index (χ1n) is 16.6. The number of amides is 5. The number of carbonyl (C=O) groups is 7. The largest absolute Gasteiger partial charge is 0.481 e. The Hall–Kier alpha value is -4.12. The van der Waals surface area contributed by atoms with Crippen LogP contribution in [0.15, 0.2) is 5.10 Å². The molecule has 0 bridgehead atoms. The summed E-state index contributed by atoms with van der Waals surface area (Å²) in [6.45, 7) is 6.34. The first-order valence-corrected chi connectivity index (χ1v) is 16.6. The van der Waals surface area contributed by atoms with E-state index in [9.17, 15) is 43.8 Å². The monoisotopic (exact) mass is 679 g/mol. The molecule has 2 unspecified atom stereocenters. The van der Waals surface area contributed by atoms with Gasteiger partial charge in [0.2, 0.25) is 23.6 Å². The van der Waals surface area contributed by atoms with Crippen molar-refractivity contribution in [1.29, 1.82) is 0 Å². The predicted molar refractivity (Wildman–Crippen MR) is 169 cm³/mol. The fourth-order valence-corrected chi connectivity index (χ4v) is 5.78. The van der Waals surface area contributed by atoms with Crippen LogP contribution in [-0.4, -0.2) is 117 Å². The second-order valence-electron chi connectivity index (χ2n) is 13.0. The summed E-state index contributed by atoms with van der Waals surface area (Å²) in [5, 5.41) is 33.6. The van der Waals surface area contributed by atoms with E-state index >= 15 is 0 Å². The number of carboxylic acid groups (broad SMARTS) is 1. The number of nitrogens with zero attached hydrogens (tertiary/aromatic N) is 3. The van der Waals surface area contributed by atoms with Gasteiger partial charge in [-0.15, -0.1) is 0 Å². The number of hydrazone groups is 1. The van der Waals surface area contributed by atoms with Gasteiger partial charge in [-0.2, -0.15) is 5.10 Å². The van der Waals surface area contributed by atoms with E-state index in [1.165, 1.54) is 13.1 Å². The third kappa shape index (κ3) is 10.4. The van der Waals surface area contributed by atoms with Crippen LogP contribution in [0.4, 0.5) is 0 Å². The number of unbranched alkanes of at least 4 members (excludes halogenated alkanes) is 2. The fraction of sp³-hybridized carbons (Fsp3) is 0.742. The summed E-state index contributed by atoms with van der Waals surface area (Å²) in [7, 11) is 0. The Kier molecular flexibility index (Phi) is 14.3. The van der Waals surface area contributed by atoms with E-state index < -0.39 is 90.3 Å². The first kappa shape index (κ1) is 38.3. The van der Waals surface area contributed by atoms with Crippen molar-refractivity contribution in [1.82, 2.24) is 31.4 Å². The Bertz CT molecular complexity index is 1240. The lowest BCUT2D eigenvalue weighted by atomic mass is 9.97. The molecule has 3 heterocycles. The van der Waals surface area contributed by atoms with Crippen LogP contribution < -0.4 is 21.4 Å². The number of aliphatic carboxylic acids is 1. The molecule has 17 nitrogen and oxygen atoms in total. The van der Waals surface area contributed by atoms with Crippen molar-refractivity contribution in [3.63, 3.8) is 0 Å². The van der Waals surface area contributed by atoms with Gasteiger partial charge >= 0.3 is 11.9 Å². The highest BCUT2D eigenvalue weighted by atomic mass is 16.5. The lowest BCUT2D eigenvalue weighted by Gasteiger charge is -2.38. The van der Waals surface area contributed by atoms with Crippen molar-refractivity contribution < 1.29 is 48.5 Å². The van der Waals surface area contributed by atoms with Gasteiger partial charge in [-0.3, -0.25) is 33.8 Å². The third-order valence-electron chi connectivity index (χ3n) is 8.46. The quantitative estimate of drug-likeness (QED) is 0.117.